The van der Waals surface area contributed by atoms with E-state index in [1.165, 1.54) is 18.5 Å². The van der Waals surface area contributed by atoms with Crippen molar-refractivity contribution in [2.75, 3.05) is 5.32 Å². The first-order chi connectivity index (χ1) is 13.6. The molecule has 0 aliphatic rings. The lowest BCUT2D eigenvalue weighted by Gasteiger charge is -2.20. The summed E-state index contributed by atoms with van der Waals surface area (Å²) in [6, 6.07) is 13.3. The van der Waals surface area contributed by atoms with Crippen LogP contribution in [0.2, 0.25) is 0 Å². The highest BCUT2D eigenvalue weighted by Gasteiger charge is 2.22. The Hall–Kier alpha value is -3.04. The van der Waals surface area contributed by atoms with Gasteiger partial charge in [0.1, 0.15) is 12.7 Å². The van der Waals surface area contributed by atoms with Crippen molar-refractivity contribution < 1.29 is 13.2 Å². The fourth-order valence-electron chi connectivity index (χ4n) is 2.67. The Morgan fingerprint density at radius 3 is 2.45 bits per heavy atom. The number of hydrogen-bond acceptors (Lipinski definition) is 5. The van der Waals surface area contributed by atoms with Gasteiger partial charge in [-0.05, 0) is 56.7 Å². The molecule has 1 heterocycles. The number of nitrogens with one attached hydrogen (secondary N) is 2. The quantitative estimate of drug-likeness (QED) is 0.646. The van der Waals surface area contributed by atoms with E-state index in [-0.39, 0.29) is 10.8 Å². The van der Waals surface area contributed by atoms with Crippen molar-refractivity contribution in [2.45, 2.75) is 37.8 Å². The van der Waals surface area contributed by atoms with Crippen molar-refractivity contribution in [3.05, 3.63) is 72.3 Å². The first-order valence-electron chi connectivity index (χ1n) is 8.99. The Balaban J connectivity index is 1.71. The molecule has 0 unspecified atom stereocenters. The van der Waals surface area contributed by atoms with E-state index < -0.39 is 15.6 Å². The average molecular weight is 414 g/mol. The van der Waals surface area contributed by atoms with Crippen LogP contribution in [0.3, 0.4) is 0 Å². The van der Waals surface area contributed by atoms with Crippen LogP contribution >= 0.6 is 0 Å². The number of aromatic nitrogens is 3. The molecule has 0 fully saturated rings. The Labute approximate surface area is 170 Å². The first-order valence-corrected chi connectivity index (χ1v) is 10.5. The van der Waals surface area contributed by atoms with Gasteiger partial charge in [0, 0.05) is 16.8 Å². The van der Waals surface area contributed by atoms with E-state index in [9.17, 15) is 13.2 Å². The van der Waals surface area contributed by atoms with Crippen LogP contribution in [0.5, 0.6) is 0 Å². The summed E-state index contributed by atoms with van der Waals surface area (Å²) in [6.45, 7) is 5.86. The average Bonchev–Trinajstić information content (AvgIpc) is 3.13. The Morgan fingerprint density at radius 2 is 1.83 bits per heavy atom. The van der Waals surface area contributed by atoms with Gasteiger partial charge in [0.15, 0.2) is 0 Å². The fourth-order valence-corrected chi connectivity index (χ4v) is 4.13. The fraction of sp³-hybridized carbons (Fsp3) is 0.250. The van der Waals surface area contributed by atoms with Crippen molar-refractivity contribution in [3.8, 4) is 0 Å². The largest absolute Gasteiger partial charge is 0.322 e. The first kappa shape index (κ1) is 20.7. The maximum absolute atomic E-state index is 12.5. The van der Waals surface area contributed by atoms with Crippen LogP contribution in [0.15, 0.2) is 66.1 Å². The van der Waals surface area contributed by atoms with Crippen molar-refractivity contribution >= 4 is 21.6 Å². The van der Waals surface area contributed by atoms with Crippen LogP contribution in [0.1, 0.15) is 36.7 Å². The number of nitrogens with zero attached hydrogens (tertiary/aromatic N) is 3. The van der Waals surface area contributed by atoms with E-state index in [0.717, 1.165) is 5.56 Å². The second-order valence-electron chi connectivity index (χ2n) is 7.63. The van der Waals surface area contributed by atoms with Crippen LogP contribution in [-0.4, -0.2) is 34.6 Å². The molecule has 1 aromatic heterocycles. The van der Waals surface area contributed by atoms with Gasteiger partial charge in [-0.2, -0.15) is 5.10 Å². The van der Waals surface area contributed by atoms with E-state index in [1.807, 2.05) is 12.1 Å². The summed E-state index contributed by atoms with van der Waals surface area (Å²) < 4.78 is 29.3. The van der Waals surface area contributed by atoms with Gasteiger partial charge in [-0.1, -0.05) is 18.2 Å². The van der Waals surface area contributed by atoms with E-state index in [0.29, 0.717) is 17.8 Å². The number of rotatable bonds is 6. The van der Waals surface area contributed by atoms with Gasteiger partial charge in [-0.25, -0.2) is 22.8 Å². The zero-order valence-corrected chi connectivity index (χ0v) is 17.3. The van der Waals surface area contributed by atoms with Crippen molar-refractivity contribution in [1.82, 2.24) is 19.5 Å². The molecule has 3 aromatic rings. The molecule has 152 valence electrons. The molecule has 0 saturated heterocycles. The lowest BCUT2D eigenvalue weighted by Crippen LogP contribution is -2.40. The van der Waals surface area contributed by atoms with Crippen LogP contribution in [-0.2, 0) is 16.6 Å². The zero-order valence-electron chi connectivity index (χ0n) is 16.5. The SMILES string of the molecule is CC(C)(C)NS(=O)(=O)c1cccc(NC(=O)c2ccc(Cn3cncn3)cc2)c1. The van der Waals surface area contributed by atoms with Crippen LogP contribution in [0.25, 0.3) is 0 Å². The lowest BCUT2D eigenvalue weighted by molar-refractivity contribution is 0.102. The van der Waals surface area contributed by atoms with Crippen molar-refractivity contribution in [1.29, 1.82) is 0 Å². The third kappa shape index (κ3) is 5.72. The van der Waals surface area contributed by atoms with Crippen molar-refractivity contribution in [2.24, 2.45) is 0 Å². The number of benzene rings is 2. The number of carbonyl (C=O) groups is 1. The summed E-state index contributed by atoms with van der Waals surface area (Å²) in [6.07, 6.45) is 3.09. The molecule has 0 atom stereocenters. The number of carbonyl (C=O) groups excluding carboxylic acids is 1. The molecule has 0 spiro atoms. The molecule has 3 rings (SSSR count). The highest BCUT2D eigenvalue weighted by atomic mass is 32.2. The number of sulfonamides is 1. The lowest BCUT2D eigenvalue weighted by atomic mass is 10.1. The molecular formula is C20H23N5O3S. The standard InChI is InChI=1S/C20H23N5O3S/c1-20(2,3)24-29(27,28)18-6-4-5-17(11-18)23-19(26)16-9-7-15(8-10-16)12-25-14-21-13-22-25/h4-11,13-14,24H,12H2,1-3H3,(H,23,26). The molecule has 2 N–H and O–H groups in total. The highest BCUT2D eigenvalue weighted by molar-refractivity contribution is 7.89. The van der Waals surface area contributed by atoms with Gasteiger partial charge in [0.05, 0.1) is 11.4 Å². The Kier molecular flexibility index (Phi) is 5.81. The maximum atomic E-state index is 12.5. The van der Waals surface area contributed by atoms with E-state index in [4.69, 9.17) is 0 Å². The summed E-state index contributed by atoms with van der Waals surface area (Å²) in [5, 5.41) is 6.79. The zero-order chi connectivity index (χ0) is 21.1. The number of hydrogen-bond donors (Lipinski definition) is 2. The van der Waals surface area contributed by atoms with Crippen LogP contribution in [0.4, 0.5) is 5.69 Å². The molecule has 0 radical (unpaired) electrons. The third-order valence-electron chi connectivity index (χ3n) is 3.87. The third-order valence-corrected chi connectivity index (χ3v) is 5.63. The summed E-state index contributed by atoms with van der Waals surface area (Å²) >= 11 is 0. The second kappa shape index (κ2) is 8.14. The Morgan fingerprint density at radius 1 is 1.10 bits per heavy atom. The maximum Gasteiger partial charge on any atom is 0.255 e. The van der Waals surface area contributed by atoms with Gasteiger partial charge >= 0.3 is 0 Å². The summed E-state index contributed by atoms with van der Waals surface area (Å²) in [5.74, 6) is -0.323. The van der Waals surface area contributed by atoms with Crippen LogP contribution in [0, 0.1) is 0 Å². The number of amides is 1. The smallest absolute Gasteiger partial charge is 0.255 e. The van der Waals surface area contributed by atoms with E-state index in [2.05, 4.69) is 20.1 Å². The molecule has 2 aromatic carbocycles. The van der Waals surface area contributed by atoms with E-state index in [1.54, 1.807) is 56.0 Å². The minimum Gasteiger partial charge on any atom is -0.322 e. The molecule has 29 heavy (non-hydrogen) atoms. The van der Waals surface area contributed by atoms with Crippen LogP contribution < -0.4 is 10.0 Å². The van der Waals surface area contributed by atoms with Gasteiger partial charge in [0.2, 0.25) is 10.0 Å². The minimum absolute atomic E-state index is 0.0911. The van der Waals surface area contributed by atoms with Crippen molar-refractivity contribution in [3.63, 3.8) is 0 Å². The molecule has 0 aliphatic carbocycles. The van der Waals surface area contributed by atoms with E-state index >= 15 is 0 Å². The predicted octanol–water partition coefficient (Wildman–Crippen LogP) is 2.66. The molecule has 1 amide bonds. The molecule has 8 nitrogen and oxygen atoms in total. The molecule has 0 saturated carbocycles. The summed E-state index contributed by atoms with van der Waals surface area (Å²) in [7, 11) is -3.69. The number of anilines is 1. The van der Waals surface area contributed by atoms with Gasteiger partial charge in [0.25, 0.3) is 5.91 Å². The minimum atomic E-state index is -3.69. The molecular weight excluding hydrogens is 390 g/mol. The normalized spacial score (nSPS) is 12.0. The topological polar surface area (TPSA) is 106 Å². The monoisotopic (exact) mass is 413 g/mol. The second-order valence-corrected chi connectivity index (χ2v) is 9.31. The molecule has 0 bridgehead atoms. The van der Waals surface area contributed by atoms with Gasteiger partial charge < -0.3 is 5.32 Å². The Bertz CT molecular complexity index is 1090. The highest BCUT2D eigenvalue weighted by Crippen LogP contribution is 2.18. The molecule has 0 aliphatic heterocycles. The summed E-state index contributed by atoms with van der Waals surface area (Å²) in [4.78, 5) is 16.5. The van der Waals surface area contributed by atoms with Gasteiger partial charge in [-0.3, -0.25) is 4.79 Å². The summed E-state index contributed by atoms with van der Waals surface area (Å²) in [5.41, 5.74) is 1.24. The van der Waals surface area contributed by atoms with Gasteiger partial charge in [-0.15, -0.1) is 0 Å². The predicted molar refractivity (Wildman–Crippen MR) is 110 cm³/mol. The molecule has 9 heteroatoms.